The summed E-state index contributed by atoms with van der Waals surface area (Å²) in [6, 6.07) is 5.74. The number of carbonyl (C=O) groups excluding carboxylic acids is 2. The van der Waals surface area contributed by atoms with E-state index in [1.807, 2.05) is 0 Å². The highest BCUT2D eigenvalue weighted by Gasteiger charge is 2.36. The number of Topliss-reactive ketones (excluding diaryl/α,β-unsaturated/α-hetero) is 1. The second-order valence-corrected chi connectivity index (χ2v) is 4.76. The van der Waals surface area contributed by atoms with Crippen molar-refractivity contribution in [2.75, 3.05) is 7.05 Å². The molecule has 1 aromatic carbocycles. The van der Waals surface area contributed by atoms with E-state index in [0.717, 1.165) is 5.56 Å². The van der Waals surface area contributed by atoms with E-state index in [1.54, 1.807) is 31.0 Å². The summed E-state index contributed by atoms with van der Waals surface area (Å²) in [6.07, 6.45) is 0.971. The summed E-state index contributed by atoms with van der Waals surface area (Å²) in [5.41, 5.74) is 0.812. The molecule has 4 heteroatoms. The van der Waals surface area contributed by atoms with Crippen molar-refractivity contribution in [2.45, 2.75) is 25.8 Å². The van der Waals surface area contributed by atoms with Crippen LogP contribution in [0.5, 0.6) is 0 Å². The van der Waals surface area contributed by atoms with Gasteiger partial charge in [0.15, 0.2) is 0 Å². The summed E-state index contributed by atoms with van der Waals surface area (Å²) < 4.78 is 12.9. The van der Waals surface area contributed by atoms with Crippen molar-refractivity contribution in [3.05, 3.63) is 35.6 Å². The standard InChI is InChI=1S/C14H16FNO2/c1-9(17)12-7-8-13(18)16(2)14(12)10-3-5-11(15)6-4-10/h3-6,12,14H,7-8H2,1-2H3. The van der Waals surface area contributed by atoms with Crippen LogP contribution in [0.1, 0.15) is 31.4 Å². The molecule has 1 heterocycles. The fourth-order valence-corrected chi connectivity index (χ4v) is 2.58. The molecule has 3 nitrogen and oxygen atoms in total. The van der Waals surface area contributed by atoms with E-state index in [-0.39, 0.29) is 29.5 Å². The summed E-state index contributed by atoms with van der Waals surface area (Å²) in [5.74, 6) is -0.411. The molecule has 1 aliphatic heterocycles. The number of amides is 1. The summed E-state index contributed by atoms with van der Waals surface area (Å²) >= 11 is 0. The molecule has 0 radical (unpaired) electrons. The van der Waals surface area contributed by atoms with Gasteiger partial charge in [-0.15, -0.1) is 0 Å². The van der Waals surface area contributed by atoms with Gasteiger partial charge in [-0.05, 0) is 31.0 Å². The van der Waals surface area contributed by atoms with Crippen molar-refractivity contribution in [2.24, 2.45) is 5.92 Å². The first-order valence-corrected chi connectivity index (χ1v) is 6.02. The van der Waals surface area contributed by atoms with Crippen molar-refractivity contribution in [3.63, 3.8) is 0 Å². The monoisotopic (exact) mass is 249 g/mol. The predicted octanol–water partition coefficient (Wildman–Crippen LogP) is 2.32. The summed E-state index contributed by atoms with van der Waals surface area (Å²) in [7, 11) is 1.70. The molecule has 96 valence electrons. The van der Waals surface area contributed by atoms with Crippen molar-refractivity contribution >= 4 is 11.7 Å². The number of likely N-dealkylation sites (tertiary alicyclic amines) is 1. The smallest absolute Gasteiger partial charge is 0.222 e. The maximum atomic E-state index is 12.9. The quantitative estimate of drug-likeness (QED) is 0.806. The molecular formula is C14H16FNO2. The van der Waals surface area contributed by atoms with E-state index in [4.69, 9.17) is 0 Å². The van der Waals surface area contributed by atoms with Crippen molar-refractivity contribution < 1.29 is 14.0 Å². The fraction of sp³-hybridized carbons (Fsp3) is 0.429. The average molecular weight is 249 g/mol. The zero-order chi connectivity index (χ0) is 13.3. The molecule has 18 heavy (non-hydrogen) atoms. The molecule has 0 aromatic heterocycles. The van der Waals surface area contributed by atoms with Crippen LogP contribution >= 0.6 is 0 Å². The third-order valence-corrected chi connectivity index (χ3v) is 3.59. The second kappa shape index (κ2) is 4.88. The Hall–Kier alpha value is -1.71. The first-order chi connectivity index (χ1) is 8.50. The predicted molar refractivity (Wildman–Crippen MR) is 65.3 cm³/mol. The minimum atomic E-state index is -0.317. The van der Waals surface area contributed by atoms with Gasteiger partial charge < -0.3 is 4.90 Å². The number of nitrogens with zero attached hydrogens (tertiary/aromatic N) is 1. The fourth-order valence-electron chi connectivity index (χ4n) is 2.58. The highest BCUT2D eigenvalue weighted by Crippen LogP contribution is 2.36. The maximum Gasteiger partial charge on any atom is 0.222 e. The molecule has 0 bridgehead atoms. The Morgan fingerprint density at radius 2 is 1.94 bits per heavy atom. The van der Waals surface area contributed by atoms with Crippen LogP contribution < -0.4 is 0 Å². The number of piperidine rings is 1. The van der Waals surface area contributed by atoms with E-state index >= 15 is 0 Å². The lowest BCUT2D eigenvalue weighted by atomic mass is 9.82. The van der Waals surface area contributed by atoms with E-state index in [1.165, 1.54) is 12.1 Å². The molecule has 1 fully saturated rings. The van der Waals surface area contributed by atoms with Gasteiger partial charge in [-0.2, -0.15) is 0 Å². The van der Waals surface area contributed by atoms with E-state index in [9.17, 15) is 14.0 Å². The number of halogens is 1. The van der Waals surface area contributed by atoms with E-state index < -0.39 is 0 Å². The largest absolute Gasteiger partial charge is 0.338 e. The Morgan fingerprint density at radius 1 is 1.33 bits per heavy atom. The number of rotatable bonds is 2. The second-order valence-electron chi connectivity index (χ2n) is 4.76. The molecular weight excluding hydrogens is 233 g/mol. The lowest BCUT2D eigenvalue weighted by Gasteiger charge is -2.38. The minimum Gasteiger partial charge on any atom is -0.338 e. The number of hydrogen-bond donors (Lipinski definition) is 0. The van der Waals surface area contributed by atoms with Crippen molar-refractivity contribution in [1.82, 2.24) is 4.90 Å². The van der Waals surface area contributed by atoms with Crippen LogP contribution in [-0.2, 0) is 9.59 Å². The van der Waals surface area contributed by atoms with Crippen LogP contribution in [0.3, 0.4) is 0 Å². The molecule has 0 aliphatic carbocycles. The van der Waals surface area contributed by atoms with Crippen LogP contribution in [0.25, 0.3) is 0 Å². The molecule has 2 unspecified atom stereocenters. The average Bonchev–Trinajstić information content (AvgIpc) is 2.33. The van der Waals surface area contributed by atoms with Crippen LogP contribution in [0.4, 0.5) is 4.39 Å². The molecule has 0 N–H and O–H groups in total. The zero-order valence-electron chi connectivity index (χ0n) is 10.5. The Morgan fingerprint density at radius 3 is 2.50 bits per heavy atom. The summed E-state index contributed by atoms with van der Waals surface area (Å²) in [5, 5.41) is 0. The van der Waals surface area contributed by atoms with Gasteiger partial charge in [0.05, 0.1) is 6.04 Å². The molecule has 0 saturated carbocycles. The molecule has 2 rings (SSSR count). The zero-order valence-corrected chi connectivity index (χ0v) is 10.5. The Bertz CT molecular complexity index is 469. The normalized spacial score (nSPS) is 24.2. The van der Waals surface area contributed by atoms with E-state index in [0.29, 0.717) is 12.8 Å². The summed E-state index contributed by atoms with van der Waals surface area (Å²) in [4.78, 5) is 25.0. The van der Waals surface area contributed by atoms with Gasteiger partial charge in [0.2, 0.25) is 5.91 Å². The van der Waals surface area contributed by atoms with Crippen LogP contribution in [0, 0.1) is 11.7 Å². The molecule has 1 aromatic rings. The van der Waals surface area contributed by atoms with Gasteiger partial charge in [0, 0.05) is 19.4 Å². The number of hydrogen-bond acceptors (Lipinski definition) is 2. The molecule has 1 saturated heterocycles. The first-order valence-electron chi connectivity index (χ1n) is 6.02. The number of ketones is 1. The van der Waals surface area contributed by atoms with Crippen molar-refractivity contribution in [1.29, 1.82) is 0 Å². The minimum absolute atomic E-state index is 0.0295. The third kappa shape index (κ3) is 2.28. The molecule has 1 amide bonds. The SMILES string of the molecule is CC(=O)C1CCC(=O)N(C)C1c1ccc(F)cc1. The van der Waals surface area contributed by atoms with E-state index in [2.05, 4.69) is 0 Å². The van der Waals surface area contributed by atoms with Gasteiger partial charge in [-0.3, -0.25) is 9.59 Å². The van der Waals surface area contributed by atoms with Gasteiger partial charge in [0.1, 0.15) is 11.6 Å². The molecule has 2 atom stereocenters. The topological polar surface area (TPSA) is 37.4 Å². The lowest BCUT2D eigenvalue weighted by Crippen LogP contribution is -2.42. The molecule has 0 spiro atoms. The van der Waals surface area contributed by atoms with Gasteiger partial charge in [-0.25, -0.2) is 4.39 Å². The molecule has 1 aliphatic rings. The lowest BCUT2D eigenvalue weighted by molar-refractivity contribution is -0.140. The Balaban J connectivity index is 2.37. The third-order valence-electron chi connectivity index (χ3n) is 3.59. The highest BCUT2D eigenvalue weighted by atomic mass is 19.1. The van der Waals surface area contributed by atoms with Crippen LogP contribution in [0.2, 0.25) is 0 Å². The van der Waals surface area contributed by atoms with Crippen LogP contribution in [0.15, 0.2) is 24.3 Å². The highest BCUT2D eigenvalue weighted by molar-refractivity contribution is 5.84. The number of benzene rings is 1. The van der Waals surface area contributed by atoms with Crippen molar-refractivity contribution in [3.8, 4) is 0 Å². The van der Waals surface area contributed by atoms with Gasteiger partial charge >= 0.3 is 0 Å². The number of carbonyl (C=O) groups is 2. The first kappa shape index (κ1) is 12.7. The van der Waals surface area contributed by atoms with Crippen LogP contribution in [-0.4, -0.2) is 23.6 Å². The van der Waals surface area contributed by atoms with Gasteiger partial charge in [-0.1, -0.05) is 12.1 Å². The Labute approximate surface area is 106 Å². The summed E-state index contributed by atoms with van der Waals surface area (Å²) in [6.45, 7) is 1.55. The maximum absolute atomic E-state index is 12.9. The Kier molecular flexibility index (Phi) is 3.45. The van der Waals surface area contributed by atoms with Gasteiger partial charge in [0.25, 0.3) is 0 Å².